The van der Waals surface area contributed by atoms with Crippen molar-refractivity contribution in [3.63, 3.8) is 0 Å². The number of amides is 1. The van der Waals surface area contributed by atoms with Crippen LogP contribution in [0.15, 0.2) is 48.8 Å². The molecule has 26 heavy (non-hydrogen) atoms. The van der Waals surface area contributed by atoms with Crippen LogP contribution in [-0.4, -0.2) is 37.6 Å². The molecule has 3 rings (SSSR count). The van der Waals surface area contributed by atoms with E-state index in [1.54, 1.807) is 7.11 Å². The second-order valence-electron chi connectivity index (χ2n) is 6.79. The third-order valence-electron chi connectivity index (χ3n) is 5.03. The van der Waals surface area contributed by atoms with Crippen LogP contribution in [0, 0.1) is 5.92 Å². The van der Waals surface area contributed by atoms with Gasteiger partial charge in [-0.1, -0.05) is 12.1 Å². The van der Waals surface area contributed by atoms with Gasteiger partial charge in [-0.3, -0.25) is 9.78 Å². The number of hydrogen-bond acceptors (Lipinski definition) is 4. The molecule has 0 saturated carbocycles. The van der Waals surface area contributed by atoms with Gasteiger partial charge in [0.1, 0.15) is 5.75 Å². The molecule has 2 aromatic rings. The molecule has 0 radical (unpaired) electrons. The van der Waals surface area contributed by atoms with E-state index in [2.05, 4.69) is 27.3 Å². The first-order valence-corrected chi connectivity index (χ1v) is 9.29. The Hall–Kier alpha value is -2.56. The van der Waals surface area contributed by atoms with Crippen LogP contribution in [0.2, 0.25) is 0 Å². The molecule has 5 heteroatoms. The maximum absolute atomic E-state index is 12.1. The Morgan fingerprint density at radius 1 is 1.15 bits per heavy atom. The van der Waals surface area contributed by atoms with E-state index in [0.717, 1.165) is 50.2 Å². The number of methoxy groups -OCH3 is 1. The molecule has 0 spiro atoms. The third-order valence-corrected chi connectivity index (χ3v) is 5.03. The molecule has 2 heterocycles. The summed E-state index contributed by atoms with van der Waals surface area (Å²) in [6.45, 7) is 2.86. The highest BCUT2D eigenvalue weighted by Gasteiger charge is 2.19. The van der Waals surface area contributed by atoms with Crippen LogP contribution in [0.25, 0.3) is 0 Å². The van der Waals surface area contributed by atoms with Crippen molar-refractivity contribution in [2.75, 3.05) is 31.6 Å². The number of nitrogens with one attached hydrogen (secondary N) is 1. The molecule has 0 bridgehead atoms. The number of ether oxygens (including phenoxy) is 1. The Morgan fingerprint density at radius 3 is 2.50 bits per heavy atom. The molecule has 138 valence electrons. The van der Waals surface area contributed by atoms with Crippen molar-refractivity contribution in [2.24, 2.45) is 5.92 Å². The number of pyridine rings is 1. The molecule has 1 saturated heterocycles. The van der Waals surface area contributed by atoms with Crippen molar-refractivity contribution >= 4 is 11.6 Å². The molecule has 0 unspecified atom stereocenters. The molecule has 1 aromatic heterocycles. The summed E-state index contributed by atoms with van der Waals surface area (Å²) in [5.41, 5.74) is 2.40. The highest BCUT2D eigenvalue weighted by Crippen LogP contribution is 2.22. The van der Waals surface area contributed by atoms with Gasteiger partial charge in [0.15, 0.2) is 0 Å². The van der Waals surface area contributed by atoms with Crippen LogP contribution in [-0.2, 0) is 11.2 Å². The van der Waals surface area contributed by atoms with Crippen molar-refractivity contribution in [1.29, 1.82) is 0 Å². The number of piperidine rings is 1. The SMILES string of the molecule is COc1ccc(CCC(=O)NCC2CCN(c3ccncc3)CC2)cc1. The Morgan fingerprint density at radius 2 is 1.85 bits per heavy atom. The van der Waals surface area contributed by atoms with Crippen LogP contribution in [0.1, 0.15) is 24.8 Å². The lowest BCUT2D eigenvalue weighted by Gasteiger charge is -2.33. The van der Waals surface area contributed by atoms with Gasteiger partial charge in [0.25, 0.3) is 0 Å². The van der Waals surface area contributed by atoms with E-state index in [9.17, 15) is 4.79 Å². The van der Waals surface area contributed by atoms with E-state index in [1.807, 2.05) is 36.7 Å². The van der Waals surface area contributed by atoms with Crippen molar-refractivity contribution in [1.82, 2.24) is 10.3 Å². The average molecular weight is 353 g/mol. The van der Waals surface area contributed by atoms with E-state index < -0.39 is 0 Å². The quantitative estimate of drug-likeness (QED) is 0.831. The first-order chi connectivity index (χ1) is 12.7. The largest absolute Gasteiger partial charge is 0.497 e. The number of carbonyl (C=O) groups is 1. The number of nitrogens with zero attached hydrogens (tertiary/aromatic N) is 2. The topological polar surface area (TPSA) is 54.5 Å². The van der Waals surface area contributed by atoms with Crippen LogP contribution in [0.4, 0.5) is 5.69 Å². The number of rotatable bonds is 7. The van der Waals surface area contributed by atoms with Gasteiger partial charge in [-0.25, -0.2) is 0 Å². The van der Waals surface area contributed by atoms with E-state index in [4.69, 9.17) is 4.74 Å². The number of benzene rings is 1. The summed E-state index contributed by atoms with van der Waals surface area (Å²) in [5.74, 6) is 1.55. The maximum atomic E-state index is 12.1. The molecule has 1 aromatic carbocycles. The molecule has 0 aliphatic carbocycles. The zero-order chi connectivity index (χ0) is 18.2. The minimum Gasteiger partial charge on any atom is -0.497 e. The van der Waals surface area contributed by atoms with Gasteiger partial charge in [0, 0.05) is 44.1 Å². The smallest absolute Gasteiger partial charge is 0.220 e. The fourth-order valence-electron chi connectivity index (χ4n) is 3.35. The van der Waals surface area contributed by atoms with E-state index in [1.165, 1.54) is 5.69 Å². The van der Waals surface area contributed by atoms with Gasteiger partial charge in [-0.05, 0) is 55.0 Å². The number of carbonyl (C=O) groups excluding carboxylic acids is 1. The first-order valence-electron chi connectivity index (χ1n) is 9.29. The molecule has 0 atom stereocenters. The fourth-order valence-corrected chi connectivity index (χ4v) is 3.35. The third kappa shape index (κ3) is 5.22. The van der Waals surface area contributed by atoms with Crippen LogP contribution in [0.3, 0.4) is 0 Å². The second kappa shape index (κ2) is 9.22. The van der Waals surface area contributed by atoms with Crippen molar-refractivity contribution < 1.29 is 9.53 Å². The van der Waals surface area contributed by atoms with E-state index in [-0.39, 0.29) is 5.91 Å². The lowest BCUT2D eigenvalue weighted by atomic mass is 9.96. The number of aromatic nitrogens is 1. The fraction of sp³-hybridized carbons (Fsp3) is 0.429. The summed E-state index contributed by atoms with van der Waals surface area (Å²) < 4.78 is 5.15. The molecule has 1 fully saturated rings. The van der Waals surface area contributed by atoms with Gasteiger partial charge in [0.2, 0.25) is 5.91 Å². The monoisotopic (exact) mass is 353 g/mol. The first kappa shape index (κ1) is 18.2. The van der Waals surface area contributed by atoms with Crippen LogP contribution in [0.5, 0.6) is 5.75 Å². The summed E-state index contributed by atoms with van der Waals surface area (Å²) in [6.07, 6.45) is 7.19. The summed E-state index contributed by atoms with van der Waals surface area (Å²) in [7, 11) is 1.66. The molecule has 5 nitrogen and oxygen atoms in total. The molecule has 1 aliphatic rings. The molecule has 1 aliphatic heterocycles. The highest BCUT2D eigenvalue weighted by atomic mass is 16.5. The molecular formula is C21H27N3O2. The van der Waals surface area contributed by atoms with Crippen LogP contribution >= 0.6 is 0 Å². The lowest BCUT2D eigenvalue weighted by molar-refractivity contribution is -0.121. The molecule has 1 N–H and O–H groups in total. The van der Waals surface area contributed by atoms with Gasteiger partial charge in [-0.15, -0.1) is 0 Å². The number of anilines is 1. The Labute approximate surface area is 155 Å². The number of hydrogen-bond donors (Lipinski definition) is 1. The highest BCUT2D eigenvalue weighted by molar-refractivity contribution is 5.76. The molecular weight excluding hydrogens is 326 g/mol. The zero-order valence-electron chi connectivity index (χ0n) is 15.4. The zero-order valence-corrected chi connectivity index (χ0v) is 15.4. The van der Waals surface area contributed by atoms with Gasteiger partial charge >= 0.3 is 0 Å². The Kier molecular flexibility index (Phi) is 6.47. The predicted octanol–water partition coefficient (Wildman–Crippen LogP) is 3.06. The maximum Gasteiger partial charge on any atom is 0.220 e. The second-order valence-corrected chi connectivity index (χ2v) is 6.79. The van der Waals surface area contributed by atoms with Crippen molar-refractivity contribution in [3.05, 3.63) is 54.4 Å². The Balaban J connectivity index is 1.34. The molecule has 1 amide bonds. The van der Waals surface area contributed by atoms with E-state index in [0.29, 0.717) is 12.3 Å². The normalized spacial score (nSPS) is 14.9. The van der Waals surface area contributed by atoms with Gasteiger partial charge in [-0.2, -0.15) is 0 Å². The van der Waals surface area contributed by atoms with Gasteiger partial charge in [0.05, 0.1) is 7.11 Å². The summed E-state index contributed by atoms with van der Waals surface area (Å²) in [5, 5.41) is 3.11. The standard InChI is InChI=1S/C21H27N3O2/c1-26-20-5-2-17(3-6-20)4-7-21(25)23-16-18-10-14-24(15-11-18)19-8-12-22-13-9-19/h2-3,5-6,8-9,12-13,18H,4,7,10-11,14-16H2,1H3,(H,23,25). The van der Waals surface area contributed by atoms with E-state index >= 15 is 0 Å². The Bertz CT molecular complexity index is 680. The minimum absolute atomic E-state index is 0.136. The average Bonchev–Trinajstić information content (AvgIpc) is 2.72. The summed E-state index contributed by atoms with van der Waals surface area (Å²) in [6, 6.07) is 12.0. The van der Waals surface area contributed by atoms with Crippen molar-refractivity contribution in [3.8, 4) is 5.75 Å². The summed E-state index contributed by atoms with van der Waals surface area (Å²) in [4.78, 5) is 18.6. The predicted molar refractivity (Wildman–Crippen MR) is 103 cm³/mol. The van der Waals surface area contributed by atoms with Gasteiger partial charge < -0.3 is 15.0 Å². The summed E-state index contributed by atoms with van der Waals surface area (Å²) >= 11 is 0. The lowest BCUT2D eigenvalue weighted by Crippen LogP contribution is -2.38. The number of aryl methyl sites for hydroxylation is 1. The minimum atomic E-state index is 0.136. The van der Waals surface area contributed by atoms with Crippen LogP contribution < -0.4 is 15.0 Å². The van der Waals surface area contributed by atoms with Crippen molar-refractivity contribution in [2.45, 2.75) is 25.7 Å².